The summed E-state index contributed by atoms with van der Waals surface area (Å²) in [7, 11) is 0. The van der Waals surface area contributed by atoms with Gasteiger partial charge in [0.15, 0.2) is 0 Å². The fraction of sp³-hybridized carbons (Fsp3) is 0.286. The fourth-order valence-electron chi connectivity index (χ4n) is 1.74. The highest BCUT2D eigenvalue weighted by Crippen LogP contribution is 2.11. The number of aromatic nitrogens is 3. The number of aromatic amines is 1. The van der Waals surface area contributed by atoms with E-state index < -0.39 is 11.5 Å². The molecule has 0 fully saturated rings. The van der Waals surface area contributed by atoms with Crippen molar-refractivity contribution in [1.29, 1.82) is 0 Å². The molecule has 2 aromatic heterocycles. The summed E-state index contributed by atoms with van der Waals surface area (Å²) in [6, 6.07) is 3.53. The number of amides is 1. The summed E-state index contributed by atoms with van der Waals surface area (Å²) in [5.74, 6) is 0.0224. The van der Waals surface area contributed by atoms with Crippen LogP contribution in [0.1, 0.15) is 40.4 Å². The van der Waals surface area contributed by atoms with E-state index in [4.69, 9.17) is 0 Å². The van der Waals surface area contributed by atoms with Gasteiger partial charge in [-0.25, -0.2) is 4.98 Å². The Labute approximate surface area is 116 Å². The molecule has 0 unspecified atom stereocenters. The van der Waals surface area contributed by atoms with Crippen molar-refractivity contribution in [2.45, 2.75) is 26.8 Å². The van der Waals surface area contributed by atoms with Gasteiger partial charge in [0.2, 0.25) is 0 Å². The van der Waals surface area contributed by atoms with Crippen molar-refractivity contribution < 1.29 is 4.79 Å². The first-order valence-corrected chi connectivity index (χ1v) is 6.26. The minimum Gasteiger partial charge on any atom is -0.345 e. The number of carbonyl (C=O) groups is 1. The van der Waals surface area contributed by atoms with Crippen LogP contribution in [0.3, 0.4) is 0 Å². The van der Waals surface area contributed by atoms with Crippen LogP contribution in [0.5, 0.6) is 0 Å². The number of nitrogens with one attached hydrogen (secondary N) is 2. The minimum atomic E-state index is -0.452. The number of pyridine rings is 1. The Kier molecular flexibility index (Phi) is 3.93. The molecule has 2 heterocycles. The molecule has 1 amide bonds. The average molecular weight is 272 g/mol. The topological polar surface area (TPSA) is 87.7 Å². The molecule has 0 aliphatic rings. The lowest BCUT2D eigenvalue weighted by Gasteiger charge is -2.13. The standard InChI is InChI=1S/C14H16N4O2/c1-8-4-5-11(6-15-8)9(2)17-13(19)12-7-16-10(3)18-14(12)20/h4-7,9H,1-3H3,(H,17,19)(H,16,18,20)/t9-/m0/s1. The van der Waals surface area contributed by atoms with Crippen LogP contribution in [0.25, 0.3) is 0 Å². The van der Waals surface area contributed by atoms with E-state index >= 15 is 0 Å². The van der Waals surface area contributed by atoms with E-state index in [1.54, 1.807) is 13.1 Å². The van der Waals surface area contributed by atoms with E-state index in [0.717, 1.165) is 11.3 Å². The SMILES string of the molecule is Cc1ccc([C@H](C)NC(=O)c2cnc(C)[nH]c2=O)cn1. The number of hydrogen-bond acceptors (Lipinski definition) is 4. The Morgan fingerprint density at radius 2 is 2.00 bits per heavy atom. The number of aryl methyl sites for hydroxylation is 2. The molecule has 0 aliphatic heterocycles. The molecular weight excluding hydrogens is 256 g/mol. The van der Waals surface area contributed by atoms with Crippen LogP contribution in [0, 0.1) is 13.8 Å². The third-order valence-electron chi connectivity index (χ3n) is 2.95. The molecule has 2 aromatic rings. The largest absolute Gasteiger partial charge is 0.345 e. The zero-order valence-electron chi connectivity index (χ0n) is 11.6. The highest BCUT2D eigenvalue weighted by Gasteiger charge is 2.15. The Hall–Kier alpha value is -2.50. The second kappa shape index (κ2) is 5.64. The fourth-order valence-corrected chi connectivity index (χ4v) is 1.74. The summed E-state index contributed by atoms with van der Waals surface area (Å²) < 4.78 is 0. The van der Waals surface area contributed by atoms with Crippen molar-refractivity contribution in [2.24, 2.45) is 0 Å². The highest BCUT2D eigenvalue weighted by molar-refractivity contribution is 5.93. The van der Waals surface area contributed by atoms with Crippen molar-refractivity contribution in [2.75, 3.05) is 0 Å². The first-order chi connectivity index (χ1) is 9.47. The smallest absolute Gasteiger partial charge is 0.263 e. The molecule has 104 valence electrons. The van der Waals surface area contributed by atoms with Crippen molar-refractivity contribution >= 4 is 5.91 Å². The van der Waals surface area contributed by atoms with Gasteiger partial charge in [0.25, 0.3) is 11.5 Å². The molecule has 2 N–H and O–H groups in total. The third-order valence-corrected chi connectivity index (χ3v) is 2.95. The molecule has 20 heavy (non-hydrogen) atoms. The molecule has 0 saturated heterocycles. The van der Waals surface area contributed by atoms with Crippen molar-refractivity contribution in [3.8, 4) is 0 Å². The Bertz CT molecular complexity index is 676. The van der Waals surface area contributed by atoms with Gasteiger partial charge < -0.3 is 10.3 Å². The van der Waals surface area contributed by atoms with Crippen molar-refractivity contribution in [3.63, 3.8) is 0 Å². The summed E-state index contributed by atoms with van der Waals surface area (Å²) in [4.78, 5) is 34.3. The van der Waals surface area contributed by atoms with E-state index in [0.29, 0.717) is 5.82 Å². The zero-order chi connectivity index (χ0) is 14.7. The molecule has 1 atom stereocenters. The molecule has 6 nitrogen and oxygen atoms in total. The quantitative estimate of drug-likeness (QED) is 0.880. The molecule has 0 radical (unpaired) electrons. The molecule has 0 spiro atoms. The lowest BCUT2D eigenvalue weighted by molar-refractivity contribution is 0.0938. The zero-order valence-corrected chi connectivity index (χ0v) is 11.6. The van der Waals surface area contributed by atoms with Gasteiger partial charge in [-0.3, -0.25) is 14.6 Å². The number of rotatable bonds is 3. The molecular formula is C14H16N4O2. The van der Waals surface area contributed by atoms with Gasteiger partial charge in [-0.2, -0.15) is 0 Å². The van der Waals surface area contributed by atoms with E-state index in [1.807, 2.05) is 26.0 Å². The summed E-state index contributed by atoms with van der Waals surface area (Å²) >= 11 is 0. The van der Waals surface area contributed by atoms with Crippen molar-refractivity contribution in [1.82, 2.24) is 20.3 Å². The summed E-state index contributed by atoms with van der Waals surface area (Å²) in [6.07, 6.45) is 2.99. The van der Waals surface area contributed by atoms with Gasteiger partial charge in [-0.15, -0.1) is 0 Å². The maximum absolute atomic E-state index is 12.0. The Morgan fingerprint density at radius 3 is 2.60 bits per heavy atom. The highest BCUT2D eigenvalue weighted by atomic mass is 16.2. The molecule has 0 aliphatic carbocycles. The average Bonchev–Trinajstić information content (AvgIpc) is 2.39. The number of nitrogens with zero attached hydrogens (tertiary/aromatic N) is 2. The second-order valence-electron chi connectivity index (χ2n) is 4.64. The van der Waals surface area contributed by atoms with Crippen molar-refractivity contribution in [3.05, 3.63) is 57.5 Å². The van der Waals surface area contributed by atoms with Crippen LogP contribution in [-0.4, -0.2) is 20.9 Å². The molecule has 0 saturated carbocycles. The van der Waals surface area contributed by atoms with Gasteiger partial charge in [0, 0.05) is 18.1 Å². The Morgan fingerprint density at radius 1 is 1.25 bits per heavy atom. The second-order valence-corrected chi connectivity index (χ2v) is 4.64. The maximum atomic E-state index is 12.0. The van der Waals surface area contributed by atoms with Crippen LogP contribution < -0.4 is 10.9 Å². The first kappa shape index (κ1) is 13.9. The predicted octanol–water partition coefficient (Wildman–Crippen LogP) is 1.27. The van der Waals surface area contributed by atoms with Gasteiger partial charge in [0.1, 0.15) is 11.4 Å². The van der Waals surface area contributed by atoms with E-state index in [1.165, 1.54) is 6.20 Å². The number of hydrogen-bond donors (Lipinski definition) is 2. The van der Waals surface area contributed by atoms with Crippen LogP contribution >= 0.6 is 0 Å². The molecule has 0 aromatic carbocycles. The minimum absolute atomic E-state index is 0.00233. The van der Waals surface area contributed by atoms with Crippen LogP contribution in [0.4, 0.5) is 0 Å². The third kappa shape index (κ3) is 3.09. The summed E-state index contributed by atoms with van der Waals surface area (Å²) in [6.45, 7) is 5.38. The van der Waals surface area contributed by atoms with Crippen LogP contribution in [0.2, 0.25) is 0 Å². The summed E-state index contributed by atoms with van der Waals surface area (Å²) in [5.41, 5.74) is 1.35. The predicted molar refractivity (Wildman–Crippen MR) is 74.4 cm³/mol. The van der Waals surface area contributed by atoms with Gasteiger partial charge in [-0.05, 0) is 32.4 Å². The van der Waals surface area contributed by atoms with Crippen LogP contribution in [-0.2, 0) is 0 Å². The van der Waals surface area contributed by atoms with Gasteiger partial charge in [0.05, 0.1) is 6.04 Å². The lowest BCUT2D eigenvalue weighted by Crippen LogP contribution is -2.32. The number of H-pyrrole nitrogens is 1. The van der Waals surface area contributed by atoms with E-state index in [-0.39, 0.29) is 11.6 Å². The van der Waals surface area contributed by atoms with E-state index in [9.17, 15) is 9.59 Å². The molecule has 0 bridgehead atoms. The van der Waals surface area contributed by atoms with Crippen LogP contribution in [0.15, 0.2) is 29.3 Å². The Balaban J connectivity index is 2.15. The monoisotopic (exact) mass is 272 g/mol. The first-order valence-electron chi connectivity index (χ1n) is 6.26. The normalized spacial score (nSPS) is 11.9. The van der Waals surface area contributed by atoms with Gasteiger partial charge in [-0.1, -0.05) is 6.07 Å². The lowest BCUT2D eigenvalue weighted by atomic mass is 10.1. The number of carbonyl (C=O) groups excluding carboxylic acids is 1. The molecule has 2 rings (SSSR count). The van der Waals surface area contributed by atoms with Gasteiger partial charge >= 0.3 is 0 Å². The maximum Gasteiger partial charge on any atom is 0.263 e. The molecule has 6 heteroatoms. The van der Waals surface area contributed by atoms with E-state index in [2.05, 4.69) is 20.3 Å². The summed E-state index contributed by atoms with van der Waals surface area (Å²) in [5, 5.41) is 2.75.